The van der Waals surface area contributed by atoms with Gasteiger partial charge in [0.2, 0.25) is 0 Å². The van der Waals surface area contributed by atoms with E-state index in [-0.39, 0.29) is 26.5 Å². The monoisotopic (exact) mass is 896 g/mol. The van der Waals surface area contributed by atoms with Crippen LogP contribution in [0, 0.1) is 39.6 Å². The van der Waals surface area contributed by atoms with Crippen LogP contribution in [-0.4, -0.2) is 4.98 Å². The van der Waals surface area contributed by atoms with E-state index in [0.29, 0.717) is 11.5 Å². The maximum absolute atomic E-state index is 6.66. The Bertz CT molecular complexity index is 2550. The van der Waals surface area contributed by atoms with Crippen LogP contribution in [0.4, 0.5) is 39.9 Å². The van der Waals surface area contributed by atoms with Gasteiger partial charge in [-0.05, 0) is 78.8 Å². The van der Waals surface area contributed by atoms with Crippen LogP contribution in [-0.2, 0) is 26.5 Å². The van der Waals surface area contributed by atoms with E-state index < -0.39 is 0 Å². The Morgan fingerprint density at radius 2 is 1.22 bits per heavy atom. The minimum absolute atomic E-state index is 0. The van der Waals surface area contributed by atoms with Crippen molar-refractivity contribution in [2.45, 2.75) is 47.0 Å². The number of hydrogen-bond donors (Lipinski definition) is 0. The average Bonchev–Trinajstić information content (AvgIpc) is 3.48. The molecule has 0 spiro atoms. The predicted octanol–water partition coefficient (Wildman–Crippen LogP) is 13.2. The number of pyridine rings is 1. The van der Waals surface area contributed by atoms with Crippen LogP contribution in [0.25, 0.3) is 22.3 Å². The Kier molecular flexibility index (Phi) is 9.39. The third-order valence-electron chi connectivity index (χ3n) is 10.4. The molecule has 0 saturated heterocycles. The molecule has 55 heavy (non-hydrogen) atoms. The molecule has 0 aliphatic carbocycles. The van der Waals surface area contributed by atoms with E-state index in [2.05, 4.69) is 184 Å². The topological polar surface area (TPSA) is 31.8 Å². The first-order valence-corrected chi connectivity index (χ1v) is 18.5. The van der Waals surface area contributed by atoms with Gasteiger partial charge >= 0.3 is 0 Å². The number of anilines is 7. The second-order valence-electron chi connectivity index (χ2n) is 15.2. The zero-order valence-electron chi connectivity index (χ0n) is 31.8. The average molecular weight is 897 g/mol. The first-order chi connectivity index (χ1) is 26.1. The number of aromatic nitrogens is 1. The maximum Gasteiger partial charge on any atom is 0.135 e. The molecular weight excluding hydrogens is 856 g/mol. The SMILES string of the molecule is Cc1cc(C)c(N2[CH-]N(c3[c-]c(Oc4[c-]c5c(cc4)-c4ccccc4-c4ccccc4N5c4cc(C(C)(C)C)ccn4)ccc3)c3ccccc32)c(C)c1.[Pt]. The van der Waals surface area contributed by atoms with Gasteiger partial charge in [-0.25, -0.2) is 4.98 Å². The molecular formula is C49H41N4OPt-3. The van der Waals surface area contributed by atoms with Crippen LogP contribution in [0.3, 0.4) is 0 Å². The Morgan fingerprint density at radius 1 is 0.600 bits per heavy atom. The van der Waals surface area contributed by atoms with E-state index in [4.69, 9.17) is 9.72 Å². The minimum atomic E-state index is -0.0491. The first-order valence-electron chi connectivity index (χ1n) is 18.5. The van der Waals surface area contributed by atoms with E-state index in [1.54, 1.807) is 0 Å². The number of nitrogens with zero attached hydrogens (tertiary/aromatic N) is 4. The van der Waals surface area contributed by atoms with Gasteiger partial charge in [0, 0.05) is 61.4 Å². The molecule has 9 rings (SSSR count). The molecule has 1 aromatic heterocycles. The third kappa shape index (κ3) is 6.51. The molecule has 5 nitrogen and oxygen atoms in total. The summed E-state index contributed by atoms with van der Waals surface area (Å²) in [6.45, 7) is 15.4. The van der Waals surface area contributed by atoms with Crippen molar-refractivity contribution in [2.75, 3.05) is 14.7 Å². The van der Waals surface area contributed by atoms with Gasteiger partial charge in [-0.3, -0.25) is 0 Å². The number of para-hydroxylation sites is 3. The molecule has 276 valence electrons. The van der Waals surface area contributed by atoms with Crippen molar-refractivity contribution in [3.63, 3.8) is 0 Å². The van der Waals surface area contributed by atoms with Gasteiger partial charge in [-0.2, -0.15) is 12.1 Å². The fraction of sp³-hybridized carbons (Fsp3) is 0.143. The molecule has 2 aliphatic rings. The van der Waals surface area contributed by atoms with Gasteiger partial charge < -0.3 is 19.4 Å². The zero-order valence-corrected chi connectivity index (χ0v) is 34.1. The number of rotatable bonds is 5. The summed E-state index contributed by atoms with van der Waals surface area (Å²) in [5.74, 6) is 2.02. The summed E-state index contributed by atoms with van der Waals surface area (Å²) < 4.78 is 6.66. The van der Waals surface area contributed by atoms with Crippen LogP contribution in [0.15, 0.2) is 134 Å². The van der Waals surface area contributed by atoms with Crippen molar-refractivity contribution >= 4 is 39.9 Å². The van der Waals surface area contributed by atoms with E-state index in [0.717, 1.165) is 50.9 Å². The smallest absolute Gasteiger partial charge is 0.135 e. The summed E-state index contributed by atoms with van der Waals surface area (Å²) in [4.78, 5) is 11.7. The summed E-state index contributed by atoms with van der Waals surface area (Å²) in [5.41, 5.74) is 15.6. The molecule has 6 heteroatoms. The molecule has 0 saturated carbocycles. The third-order valence-corrected chi connectivity index (χ3v) is 10.4. The Balaban J connectivity index is 0.00000427. The Hall–Kier alpha value is -5.64. The minimum Gasteiger partial charge on any atom is -0.509 e. The first kappa shape index (κ1) is 36.3. The molecule has 2 aliphatic heterocycles. The maximum atomic E-state index is 6.66. The van der Waals surface area contributed by atoms with E-state index in [1.807, 2.05) is 24.4 Å². The normalized spacial score (nSPS) is 12.9. The number of hydrogen-bond acceptors (Lipinski definition) is 5. The van der Waals surface area contributed by atoms with Crippen LogP contribution in [0.1, 0.15) is 43.0 Å². The van der Waals surface area contributed by atoms with E-state index in [1.165, 1.54) is 33.5 Å². The van der Waals surface area contributed by atoms with Gasteiger partial charge in [-0.1, -0.05) is 104 Å². The molecule has 0 fully saturated rings. The second-order valence-corrected chi connectivity index (χ2v) is 15.2. The second kappa shape index (κ2) is 14.2. The summed E-state index contributed by atoms with van der Waals surface area (Å²) in [5, 5.41) is 0. The quantitative estimate of drug-likeness (QED) is 0.161. The number of benzene rings is 6. The molecule has 0 N–H and O–H groups in total. The zero-order chi connectivity index (χ0) is 37.1. The van der Waals surface area contributed by atoms with E-state index in [9.17, 15) is 0 Å². The van der Waals surface area contributed by atoms with Crippen molar-refractivity contribution in [3.8, 4) is 33.8 Å². The molecule has 3 heterocycles. The van der Waals surface area contributed by atoms with Gasteiger partial charge in [0.1, 0.15) is 5.82 Å². The molecule has 6 aromatic carbocycles. The number of aryl methyl sites for hydroxylation is 3. The fourth-order valence-corrected chi connectivity index (χ4v) is 7.92. The molecule has 0 unspecified atom stereocenters. The van der Waals surface area contributed by atoms with Gasteiger partial charge in [0.25, 0.3) is 0 Å². The number of ether oxygens (including phenoxy) is 1. The summed E-state index contributed by atoms with van der Waals surface area (Å²) >= 11 is 0. The van der Waals surface area contributed by atoms with Crippen molar-refractivity contribution in [1.82, 2.24) is 4.98 Å². The van der Waals surface area contributed by atoms with Gasteiger partial charge in [0.05, 0.1) is 5.69 Å². The van der Waals surface area contributed by atoms with Gasteiger partial charge in [0.15, 0.2) is 0 Å². The van der Waals surface area contributed by atoms with Crippen LogP contribution >= 0.6 is 0 Å². The van der Waals surface area contributed by atoms with Gasteiger partial charge in [-0.15, -0.1) is 48.3 Å². The summed E-state index contributed by atoms with van der Waals surface area (Å²) in [7, 11) is 0. The van der Waals surface area contributed by atoms with Crippen LogP contribution in [0.5, 0.6) is 11.5 Å². The molecule has 0 radical (unpaired) electrons. The van der Waals surface area contributed by atoms with Crippen molar-refractivity contribution < 1.29 is 25.8 Å². The van der Waals surface area contributed by atoms with Crippen LogP contribution < -0.4 is 19.4 Å². The molecule has 0 amide bonds. The van der Waals surface area contributed by atoms with Crippen molar-refractivity contribution in [2.24, 2.45) is 0 Å². The number of fused-ring (bicyclic) bond motifs is 6. The van der Waals surface area contributed by atoms with E-state index >= 15 is 0 Å². The standard InChI is InChI=1S/C49H41N4O.Pt/c1-32-26-33(2)48(34(3)27-32)52-31-51(44-20-11-12-21-45(44)52)36-14-13-15-37(29-36)54-38-22-23-42-40-17-8-7-16-39(40)41-18-9-10-19-43(41)53(46(42)30-38)47-28-35(24-25-50-47)49(4,5)6;/h7-28,31H,1-6H3;/q-3;. The fourth-order valence-electron chi connectivity index (χ4n) is 7.92. The van der Waals surface area contributed by atoms with Crippen LogP contribution in [0.2, 0.25) is 0 Å². The van der Waals surface area contributed by atoms with Crippen molar-refractivity contribution in [3.05, 3.63) is 175 Å². The molecule has 0 atom stereocenters. The van der Waals surface area contributed by atoms with Crippen molar-refractivity contribution in [1.29, 1.82) is 0 Å². The summed E-state index contributed by atoms with van der Waals surface area (Å²) in [6, 6.07) is 51.9. The summed E-state index contributed by atoms with van der Waals surface area (Å²) in [6.07, 6.45) is 1.91. The molecule has 0 bridgehead atoms. The largest absolute Gasteiger partial charge is 0.509 e. The molecule has 7 aromatic rings. The Morgan fingerprint density at radius 3 is 1.93 bits per heavy atom. The predicted molar refractivity (Wildman–Crippen MR) is 222 cm³/mol. The Labute approximate surface area is 339 Å².